The van der Waals surface area contributed by atoms with Gasteiger partial charge in [-0.05, 0) is 36.4 Å². The van der Waals surface area contributed by atoms with Gasteiger partial charge in [0.25, 0.3) is 0 Å². The van der Waals surface area contributed by atoms with Crippen LogP contribution >= 0.6 is 11.6 Å². The molecule has 0 saturated carbocycles. The van der Waals surface area contributed by atoms with Crippen molar-refractivity contribution in [2.24, 2.45) is 0 Å². The summed E-state index contributed by atoms with van der Waals surface area (Å²) >= 11 is 5.70. The van der Waals surface area contributed by atoms with Crippen molar-refractivity contribution in [3.8, 4) is 0 Å². The lowest BCUT2D eigenvalue weighted by Gasteiger charge is -2.05. The molecule has 2 nitrogen and oxygen atoms in total. The molecule has 0 atom stereocenters. The zero-order valence-corrected chi connectivity index (χ0v) is 11.1. The molecule has 0 aliphatic rings. The quantitative estimate of drug-likeness (QED) is 0.659. The van der Waals surface area contributed by atoms with Gasteiger partial charge in [-0.25, -0.2) is 4.39 Å². The summed E-state index contributed by atoms with van der Waals surface area (Å²) in [6.07, 6.45) is 1.68. The third kappa shape index (κ3) is 2.17. The molecule has 0 bridgehead atoms. The first-order chi connectivity index (χ1) is 9.66. The highest BCUT2D eigenvalue weighted by atomic mass is 35.5. The minimum absolute atomic E-state index is 0.0271. The molecule has 20 heavy (non-hydrogen) atoms. The molecular weight excluding hydrogens is 277 g/mol. The summed E-state index contributed by atoms with van der Waals surface area (Å²) in [7, 11) is 0. The van der Waals surface area contributed by atoms with Crippen LogP contribution in [0.3, 0.4) is 0 Å². The van der Waals surface area contributed by atoms with E-state index in [9.17, 15) is 9.18 Å². The second-order valence-electron chi connectivity index (χ2n) is 4.34. The number of halogens is 2. The molecule has 0 radical (unpaired) electrons. The summed E-state index contributed by atoms with van der Waals surface area (Å²) in [6.45, 7) is 0. The van der Waals surface area contributed by atoms with E-state index in [1.165, 1.54) is 12.1 Å². The first kappa shape index (κ1) is 12.8. The van der Waals surface area contributed by atoms with Crippen molar-refractivity contribution in [3.63, 3.8) is 0 Å². The highest BCUT2D eigenvalue weighted by Gasteiger charge is 2.16. The van der Waals surface area contributed by atoms with Crippen LogP contribution in [0.4, 0.5) is 4.39 Å². The third-order valence-corrected chi connectivity index (χ3v) is 3.35. The fraction of sp³-hybridized carbons (Fsp3) is 0. The van der Waals surface area contributed by atoms with Crippen LogP contribution in [-0.2, 0) is 0 Å². The maximum absolute atomic E-state index is 13.9. The summed E-state index contributed by atoms with van der Waals surface area (Å²) in [6, 6.07) is 13.1. The lowest BCUT2D eigenvalue weighted by atomic mass is 10.0. The Morgan fingerprint density at radius 3 is 2.80 bits per heavy atom. The van der Waals surface area contributed by atoms with Crippen LogP contribution in [0.5, 0.6) is 0 Å². The van der Waals surface area contributed by atoms with E-state index in [0.29, 0.717) is 5.56 Å². The number of rotatable bonds is 2. The number of pyridine rings is 1. The Morgan fingerprint density at radius 1 is 1.10 bits per heavy atom. The van der Waals surface area contributed by atoms with Gasteiger partial charge < -0.3 is 0 Å². The van der Waals surface area contributed by atoms with Crippen LogP contribution < -0.4 is 0 Å². The van der Waals surface area contributed by atoms with Gasteiger partial charge in [0, 0.05) is 17.1 Å². The number of fused-ring (bicyclic) bond motifs is 1. The molecule has 2 aromatic carbocycles. The van der Waals surface area contributed by atoms with Crippen LogP contribution in [0.1, 0.15) is 15.9 Å². The molecule has 0 spiro atoms. The van der Waals surface area contributed by atoms with Gasteiger partial charge in [0.05, 0.1) is 16.1 Å². The highest BCUT2D eigenvalue weighted by Crippen LogP contribution is 2.22. The standard InChI is InChI=1S/C16H9ClFNO/c17-13-5-1-4-12(15(13)18)16(20)11-6-7-14-10(9-11)3-2-8-19-14/h1-9H. The van der Waals surface area contributed by atoms with E-state index in [2.05, 4.69) is 4.98 Å². The van der Waals surface area contributed by atoms with Gasteiger partial charge in [0.15, 0.2) is 11.6 Å². The average molecular weight is 286 g/mol. The number of hydrogen-bond donors (Lipinski definition) is 0. The van der Waals surface area contributed by atoms with Gasteiger partial charge in [0.2, 0.25) is 0 Å². The third-order valence-electron chi connectivity index (χ3n) is 3.06. The average Bonchev–Trinajstić information content (AvgIpc) is 2.49. The topological polar surface area (TPSA) is 30.0 Å². The molecule has 0 fully saturated rings. The fourth-order valence-corrected chi connectivity index (χ4v) is 2.23. The van der Waals surface area contributed by atoms with Gasteiger partial charge in [-0.2, -0.15) is 0 Å². The Kier molecular flexibility index (Phi) is 3.20. The van der Waals surface area contributed by atoms with Crippen molar-refractivity contribution in [3.05, 3.63) is 76.7 Å². The highest BCUT2D eigenvalue weighted by molar-refractivity contribution is 6.31. The van der Waals surface area contributed by atoms with Crippen molar-refractivity contribution in [2.45, 2.75) is 0 Å². The largest absolute Gasteiger partial charge is 0.288 e. The normalized spacial score (nSPS) is 10.7. The lowest BCUT2D eigenvalue weighted by molar-refractivity contribution is 0.103. The molecule has 1 heterocycles. The number of carbonyl (C=O) groups is 1. The maximum atomic E-state index is 13.9. The second-order valence-corrected chi connectivity index (χ2v) is 4.75. The van der Waals surface area contributed by atoms with Crippen LogP contribution in [-0.4, -0.2) is 10.8 Å². The van der Waals surface area contributed by atoms with Crippen LogP contribution in [0.15, 0.2) is 54.7 Å². The summed E-state index contributed by atoms with van der Waals surface area (Å²) in [4.78, 5) is 16.5. The van der Waals surface area contributed by atoms with Crippen LogP contribution in [0, 0.1) is 5.82 Å². The Hall–Kier alpha value is -2.26. The molecule has 0 aliphatic carbocycles. The predicted molar refractivity (Wildman–Crippen MR) is 76.6 cm³/mol. The van der Waals surface area contributed by atoms with E-state index in [1.54, 1.807) is 36.5 Å². The molecule has 0 saturated heterocycles. The van der Waals surface area contributed by atoms with E-state index in [1.807, 2.05) is 6.07 Å². The van der Waals surface area contributed by atoms with Crippen molar-refractivity contribution in [2.75, 3.05) is 0 Å². The number of ketones is 1. The van der Waals surface area contributed by atoms with Crippen LogP contribution in [0.2, 0.25) is 5.02 Å². The van der Waals surface area contributed by atoms with Gasteiger partial charge in [0.1, 0.15) is 0 Å². The van der Waals surface area contributed by atoms with Gasteiger partial charge >= 0.3 is 0 Å². The number of nitrogens with zero attached hydrogens (tertiary/aromatic N) is 1. The maximum Gasteiger partial charge on any atom is 0.196 e. The SMILES string of the molecule is O=C(c1ccc2ncccc2c1)c1cccc(Cl)c1F. The first-order valence-corrected chi connectivity index (χ1v) is 6.38. The number of carbonyl (C=O) groups excluding carboxylic acids is 1. The van der Waals surface area contributed by atoms with E-state index in [-0.39, 0.29) is 10.6 Å². The van der Waals surface area contributed by atoms with Crippen LogP contribution in [0.25, 0.3) is 10.9 Å². The molecule has 3 rings (SSSR count). The smallest absolute Gasteiger partial charge is 0.196 e. The Balaban J connectivity index is 2.10. The molecule has 0 amide bonds. The molecule has 1 aromatic heterocycles. The molecular formula is C16H9ClFNO. The van der Waals surface area contributed by atoms with Gasteiger partial charge in [-0.15, -0.1) is 0 Å². The molecule has 0 aliphatic heterocycles. The molecule has 98 valence electrons. The first-order valence-electron chi connectivity index (χ1n) is 6.00. The fourth-order valence-electron chi connectivity index (χ4n) is 2.05. The molecule has 0 unspecified atom stereocenters. The minimum Gasteiger partial charge on any atom is -0.288 e. The Labute approximate surface area is 119 Å². The second kappa shape index (κ2) is 5.02. The van der Waals surface area contributed by atoms with E-state index in [0.717, 1.165) is 10.9 Å². The molecule has 4 heteroatoms. The predicted octanol–water partition coefficient (Wildman–Crippen LogP) is 4.26. The Morgan fingerprint density at radius 2 is 1.95 bits per heavy atom. The van der Waals surface area contributed by atoms with E-state index in [4.69, 9.17) is 11.6 Å². The summed E-state index contributed by atoms with van der Waals surface area (Å²) in [5.74, 6) is -1.08. The van der Waals surface area contributed by atoms with E-state index >= 15 is 0 Å². The molecule has 3 aromatic rings. The van der Waals surface area contributed by atoms with Crippen molar-refractivity contribution in [1.82, 2.24) is 4.98 Å². The van der Waals surface area contributed by atoms with E-state index < -0.39 is 11.6 Å². The van der Waals surface area contributed by atoms with Crippen molar-refractivity contribution >= 4 is 28.3 Å². The minimum atomic E-state index is -0.689. The Bertz CT molecular complexity index is 816. The number of hydrogen-bond acceptors (Lipinski definition) is 2. The van der Waals surface area contributed by atoms with Crippen molar-refractivity contribution < 1.29 is 9.18 Å². The number of benzene rings is 2. The van der Waals surface area contributed by atoms with Gasteiger partial charge in [-0.3, -0.25) is 9.78 Å². The summed E-state index contributed by atoms with van der Waals surface area (Å²) in [5, 5.41) is 0.777. The number of aromatic nitrogens is 1. The zero-order chi connectivity index (χ0) is 14.1. The van der Waals surface area contributed by atoms with Gasteiger partial charge in [-0.1, -0.05) is 23.7 Å². The summed E-state index contributed by atoms with van der Waals surface area (Å²) in [5.41, 5.74) is 1.17. The molecule has 0 N–H and O–H groups in total. The summed E-state index contributed by atoms with van der Waals surface area (Å²) < 4.78 is 13.9. The zero-order valence-electron chi connectivity index (χ0n) is 10.3. The lowest BCUT2D eigenvalue weighted by Crippen LogP contribution is -2.04. The van der Waals surface area contributed by atoms with Crippen molar-refractivity contribution in [1.29, 1.82) is 0 Å². The monoisotopic (exact) mass is 285 g/mol.